The Bertz CT molecular complexity index is 372. The molecule has 0 radical (unpaired) electrons. The first-order chi connectivity index (χ1) is 9.54. The third-order valence-corrected chi connectivity index (χ3v) is 5.01. The molecule has 2 amide bonds. The molecule has 0 spiro atoms. The van der Waals surface area contributed by atoms with Gasteiger partial charge in [0.05, 0.1) is 5.92 Å². The third kappa shape index (κ3) is 3.07. The minimum atomic E-state index is -0.783. The second-order valence-electron chi connectivity index (χ2n) is 6.14. The van der Waals surface area contributed by atoms with E-state index in [2.05, 4.69) is 6.92 Å². The Balaban J connectivity index is 1.96. The van der Waals surface area contributed by atoms with Gasteiger partial charge in [0, 0.05) is 25.7 Å². The predicted octanol–water partition coefficient (Wildman–Crippen LogP) is 2.41. The second-order valence-corrected chi connectivity index (χ2v) is 6.14. The van der Waals surface area contributed by atoms with Gasteiger partial charge in [0.2, 0.25) is 0 Å². The maximum atomic E-state index is 12.6. The van der Waals surface area contributed by atoms with Gasteiger partial charge in [0.25, 0.3) is 0 Å². The van der Waals surface area contributed by atoms with Crippen LogP contribution < -0.4 is 0 Å². The molecule has 2 aliphatic rings. The lowest BCUT2D eigenvalue weighted by Crippen LogP contribution is -2.46. The Morgan fingerprint density at radius 2 is 1.90 bits per heavy atom. The van der Waals surface area contributed by atoms with Gasteiger partial charge in [-0.1, -0.05) is 13.3 Å². The molecule has 2 fully saturated rings. The molecular formula is C15H26N2O3. The fourth-order valence-electron chi connectivity index (χ4n) is 3.49. The first kappa shape index (κ1) is 15.1. The van der Waals surface area contributed by atoms with E-state index in [-0.39, 0.29) is 12.1 Å². The highest BCUT2D eigenvalue weighted by Gasteiger charge is 2.39. The summed E-state index contributed by atoms with van der Waals surface area (Å²) in [5.41, 5.74) is 0. The number of likely N-dealkylation sites (tertiary alicyclic amines) is 2. The molecule has 114 valence electrons. The van der Waals surface area contributed by atoms with Gasteiger partial charge >= 0.3 is 12.0 Å². The number of carbonyl (C=O) groups is 2. The van der Waals surface area contributed by atoms with Crippen LogP contribution in [0.15, 0.2) is 0 Å². The lowest BCUT2D eigenvalue weighted by Gasteiger charge is -2.30. The molecule has 0 saturated carbocycles. The van der Waals surface area contributed by atoms with Crippen LogP contribution in [0.25, 0.3) is 0 Å². The number of rotatable bonds is 2. The summed E-state index contributed by atoms with van der Waals surface area (Å²) in [6.07, 6.45) is 5.10. The van der Waals surface area contributed by atoms with Crippen LogP contribution in [0.3, 0.4) is 0 Å². The summed E-state index contributed by atoms with van der Waals surface area (Å²) in [6.45, 7) is 6.28. The van der Waals surface area contributed by atoms with Crippen molar-refractivity contribution in [1.29, 1.82) is 0 Å². The van der Waals surface area contributed by atoms with Crippen molar-refractivity contribution in [3.8, 4) is 0 Å². The van der Waals surface area contributed by atoms with Crippen molar-refractivity contribution in [2.75, 3.05) is 19.6 Å². The van der Waals surface area contributed by atoms with Gasteiger partial charge in [0.1, 0.15) is 0 Å². The zero-order valence-electron chi connectivity index (χ0n) is 12.5. The standard InChI is InChI=1S/C15H26N2O3/c1-3-12-5-4-8-16(9-6-12)15(20)17-10-7-13(11(17)2)14(18)19/h11-13H,3-10H2,1-2H3,(H,18,19). The molecule has 1 N–H and O–H groups in total. The lowest BCUT2D eigenvalue weighted by molar-refractivity contribution is -0.142. The van der Waals surface area contributed by atoms with Crippen LogP contribution in [0.1, 0.15) is 46.0 Å². The van der Waals surface area contributed by atoms with Gasteiger partial charge in [-0.25, -0.2) is 4.79 Å². The summed E-state index contributed by atoms with van der Waals surface area (Å²) in [5, 5.41) is 9.15. The van der Waals surface area contributed by atoms with E-state index in [1.807, 2.05) is 11.8 Å². The fourth-order valence-corrected chi connectivity index (χ4v) is 3.49. The molecule has 0 aromatic heterocycles. The normalized spacial score (nSPS) is 31.2. The largest absolute Gasteiger partial charge is 0.481 e. The van der Waals surface area contributed by atoms with Gasteiger partial charge in [-0.3, -0.25) is 4.79 Å². The van der Waals surface area contributed by atoms with Crippen LogP contribution in [0.5, 0.6) is 0 Å². The summed E-state index contributed by atoms with van der Waals surface area (Å²) >= 11 is 0. The van der Waals surface area contributed by atoms with Gasteiger partial charge in [-0.2, -0.15) is 0 Å². The molecule has 2 aliphatic heterocycles. The molecule has 5 nitrogen and oxygen atoms in total. The molecule has 5 heteroatoms. The average Bonchev–Trinajstić information content (AvgIpc) is 2.66. The van der Waals surface area contributed by atoms with Crippen molar-refractivity contribution in [1.82, 2.24) is 9.80 Å². The van der Waals surface area contributed by atoms with E-state index < -0.39 is 11.9 Å². The van der Waals surface area contributed by atoms with E-state index in [9.17, 15) is 9.59 Å². The maximum Gasteiger partial charge on any atom is 0.320 e. The molecule has 0 aromatic rings. The van der Waals surface area contributed by atoms with Gasteiger partial charge in [0.15, 0.2) is 0 Å². The molecule has 0 aliphatic carbocycles. The summed E-state index contributed by atoms with van der Waals surface area (Å²) in [7, 11) is 0. The molecule has 2 saturated heterocycles. The smallest absolute Gasteiger partial charge is 0.320 e. The number of nitrogens with zero attached hydrogens (tertiary/aromatic N) is 2. The SMILES string of the molecule is CCC1CCCN(C(=O)N2CCC(C(=O)O)C2C)CC1. The number of urea groups is 1. The van der Waals surface area contributed by atoms with Crippen LogP contribution >= 0.6 is 0 Å². The van der Waals surface area contributed by atoms with E-state index in [4.69, 9.17) is 5.11 Å². The molecule has 0 aromatic carbocycles. The molecule has 2 heterocycles. The van der Waals surface area contributed by atoms with E-state index in [0.29, 0.717) is 13.0 Å². The topological polar surface area (TPSA) is 60.9 Å². The van der Waals surface area contributed by atoms with Gasteiger partial charge in [-0.05, 0) is 38.5 Å². The van der Waals surface area contributed by atoms with E-state index in [1.165, 1.54) is 12.8 Å². The highest BCUT2D eigenvalue weighted by Crippen LogP contribution is 2.27. The Morgan fingerprint density at radius 1 is 1.15 bits per heavy atom. The van der Waals surface area contributed by atoms with Gasteiger partial charge < -0.3 is 14.9 Å². The fraction of sp³-hybridized carbons (Fsp3) is 0.867. The molecule has 3 unspecified atom stereocenters. The van der Waals surface area contributed by atoms with Crippen LogP contribution in [0.2, 0.25) is 0 Å². The molecule has 2 rings (SSSR count). The second kappa shape index (κ2) is 6.46. The first-order valence-corrected chi connectivity index (χ1v) is 7.83. The number of hydrogen-bond acceptors (Lipinski definition) is 2. The number of carbonyl (C=O) groups excluding carboxylic acids is 1. The van der Waals surface area contributed by atoms with E-state index in [1.54, 1.807) is 4.90 Å². The number of amides is 2. The third-order valence-electron chi connectivity index (χ3n) is 5.01. The van der Waals surface area contributed by atoms with Gasteiger partial charge in [-0.15, -0.1) is 0 Å². The van der Waals surface area contributed by atoms with Crippen molar-refractivity contribution < 1.29 is 14.7 Å². The Morgan fingerprint density at radius 3 is 2.50 bits per heavy atom. The Hall–Kier alpha value is -1.26. The zero-order chi connectivity index (χ0) is 14.7. The minimum Gasteiger partial charge on any atom is -0.481 e. The highest BCUT2D eigenvalue weighted by atomic mass is 16.4. The van der Waals surface area contributed by atoms with Crippen molar-refractivity contribution in [3.05, 3.63) is 0 Å². The Kier molecular flexibility index (Phi) is 4.89. The number of carboxylic acids is 1. The van der Waals surface area contributed by atoms with Crippen molar-refractivity contribution in [3.63, 3.8) is 0 Å². The molecule has 0 bridgehead atoms. The number of aliphatic carboxylic acids is 1. The van der Waals surface area contributed by atoms with Crippen LogP contribution in [0, 0.1) is 11.8 Å². The van der Waals surface area contributed by atoms with E-state index >= 15 is 0 Å². The number of hydrogen-bond donors (Lipinski definition) is 1. The molecule has 3 atom stereocenters. The van der Waals surface area contributed by atoms with Crippen molar-refractivity contribution >= 4 is 12.0 Å². The van der Waals surface area contributed by atoms with Crippen LogP contribution in [-0.2, 0) is 4.79 Å². The van der Waals surface area contributed by atoms with Crippen molar-refractivity contribution in [2.45, 2.75) is 52.0 Å². The first-order valence-electron chi connectivity index (χ1n) is 7.83. The summed E-state index contributed by atoms with van der Waals surface area (Å²) in [4.78, 5) is 27.4. The van der Waals surface area contributed by atoms with Crippen LogP contribution in [0.4, 0.5) is 4.79 Å². The highest BCUT2D eigenvalue weighted by molar-refractivity contribution is 5.78. The summed E-state index contributed by atoms with van der Waals surface area (Å²) in [5.74, 6) is -0.459. The Labute approximate surface area is 120 Å². The maximum absolute atomic E-state index is 12.6. The monoisotopic (exact) mass is 282 g/mol. The predicted molar refractivity (Wildman–Crippen MR) is 76.5 cm³/mol. The van der Waals surface area contributed by atoms with Crippen molar-refractivity contribution in [2.24, 2.45) is 11.8 Å². The average molecular weight is 282 g/mol. The zero-order valence-corrected chi connectivity index (χ0v) is 12.5. The quantitative estimate of drug-likeness (QED) is 0.846. The minimum absolute atomic E-state index is 0.0398. The molecule has 20 heavy (non-hydrogen) atoms. The molecular weight excluding hydrogens is 256 g/mol. The lowest BCUT2D eigenvalue weighted by atomic mass is 9.98. The summed E-state index contributed by atoms with van der Waals surface area (Å²) < 4.78 is 0. The van der Waals surface area contributed by atoms with E-state index in [0.717, 1.165) is 31.8 Å². The van der Waals surface area contributed by atoms with Crippen LogP contribution in [-0.4, -0.2) is 52.6 Å². The number of carboxylic acid groups (broad SMARTS) is 1. The summed E-state index contributed by atoms with van der Waals surface area (Å²) in [6, 6.07) is -0.150.